The van der Waals surface area contributed by atoms with E-state index in [1.165, 1.54) is 0 Å². The predicted octanol–water partition coefficient (Wildman–Crippen LogP) is 2.18. The first-order chi connectivity index (χ1) is 8.67. The average molecular weight is 266 g/mol. The van der Waals surface area contributed by atoms with E-state index in [2.05, 4.69) is 41.3 Å². The van der Waals surface area contributed by atoms with Gasteiger partial charge in [0, 0.05) is 6.04 Å². The van der Waals surface area contributed by atoms with Crippen LogP contribution in [0.1, 0.15) is 45.0 Å². The van der Waals surface area contributed by atoms with Gasteiger partial charge in [-0.1, -0.05) is 20.8 Å². The number of nitrogens with zero attached hydrogens (tertiary/aromatic N) is 3. The van der Waals surface area contributed by atoms with E-state index in [1.807, 2.05) is 13.8 Å². The van der Waals surface area contributed by atoms with E-state index in [1.54, 1.807) is 0 Å². The van der Waals surface area contributed by atoms with Crippen molar-refractivity contribution in [3.63, 3.8) is 0 Å². The molecule has 6 heteroatoms. The van der Waals surface area contributed by atoms with Gasteiger partial charge in [0.15, 0.2) is 0 Å². The summed E-state index contributed by atoms with van der Waals surface area (Å²) in [6.07, 6.45) is 0.753. The Morgan fingerprint density at radius 3 is 2.37 bits per heavy atom. The maximum absolute atomic E-state index is 10.9. The van der Waals surface area contributed by atoms with Crippen molar-refractivity contribution in [2.75, 3.05) is 5.32 Å². The fraction of sp³-hybridized carbons (Fsp3) is 0.692. The average Bonchev–Trinajstić information content (AvgIpc) is 2.20. The molecule has 1 unspecified atom stereocenters. The SMILES string of the molecule is Cc1nnc(NC(CC(=O)O)CC(C)(C)C)nc1C. The molecule has 0 aliphatic carbocycles. The summed E-state index contributed by atoms with van der Waals surface area (Å²) in [5.74, 6) is -0.447. The minimum Gasteiger partial charge on any atom is -0.481 e. The summed E-state index contributed by atoms with van der Waals surface area (Å²) in [5, 5.41) is 20.0. The van der Waals surface area contributed by atoms with Gasteiger partial charge in [-0.15, -0.1) is 5.10 Å². The number of aliphatic carboxylic acids is 1. The van der Waals surface area contributed by atoms with Crippen molar-refractivity contribution < 1.29 is 9.90 Å². The van der Waals surface area contributed by atoms with Gasteiger partial charge in [-0.05, 0) is 25.7 Å². The number of aryl methyl sites for hydroxylation is 2. The highest BCUT2D eigenvalue weighted by molar-refractivity contribution is 5.68. The Hall–Kier alpha value is -1.72. The Morgan fingerprint density at radius 1 is 1.26 bits per heavy atom. The van der Waals surface area contributed by atoms with Crippen LogP contribution in [0.2, 0.25) is 0 Å². The molecule has 6 nitrogen and oxygen atoms in total. The molecule has 1 rings (SSSR count). The zero-order valence-corrected chi connectivity index (χ0v) is 12.2. The van der Waals surface area contributed by atoms with Crippen molar-refractivity contribution in [2.24, 2.45) is 5.41 Å². The lowest BCUT2D eigenvalue weighted by molar-refractivity contribution is -0.137. The number of aromatic nitrogens is 3. The number of carbonyl (C=O) groups is 1. The van der Waals surface area contributed by atoms with Gasteiger partial charge < -0.3 is 10.4 Å². The van der Waals surface area contributed by atoms with Gasteiger partial charge >= 0.3 is 5.97 Å². The van der Waals surface area contributed by atoms with Gasteiger partial charge in [-0.2, -0.15) is 5.10 Å². The summed E-state index contributed by atoms with van der Waals surface area (Å²) < 4.78 is 0. The first-order valence-electron chi connectivity index (χ1n) is 6.33. The molecule has 1 aromatic heterocycles. The quantitative estimate of drug-likeness (QED) is 0.849. The van der Waals surface area contributed by atoms with Crippen molar-refractivity contribution in [1.82, 2.24) is 15.2 Å². The third-order valence-electron chi connectivity index (χ3n) is 2.70. The lowest BCUT2D eigenvalue weighted by atomic mass is 9.87. The molecule has 1 atom stereocenters. The highest BCUT2D eigenvalue weighted by Gasteiger charge is 2.22. The van der Waals surface area contributed by atoms with Crippen LogP contribution < -0.4 is 5.32 Å². The Kier molecular flexibility index (Phi) is 4.80. The lowest BCUT2D eigenvalue weighted by Crippen LogP contribution is -2.29. The number of rotatable bonds is 5. The molecular formula is C13H22N4O2. The largest absolute Gasteiger partial charge is 0.481 e. The van der Waals surface area contributed by atoms with Crippen LogP contribution in [-0.2, 0) is 4.79 Å². The molecule has 0 aliphatic heterocycles. The zero-order chi connectivity index (χ0) is 14.6. The van der Waals surface area contributed by atoms with E-state index >= 15 is 0 Å². The summed E-state index contributed by atoms with van der Waals surface area (Å²) in [5.41, 5.74) is 1.60. The molecular weight excluding hydrogens is 244 g/mol. The molecule has 0 aliphatic rings. The second-order valence-corrected chi connectivity index (χ2v) is 6.01. The monoisotopic (exact) mass is 266 g/mol. The first kappa shape index (κ1) is 15.3. The van der Waals surface area contributed by atoms with Crippen LogP contribution in [0.4, 0.5) is 5.95 Å². The molecule has 0 saturated heterocycles. The van der Waals surface area contributed by atoms with Crippen LogP contribution in [-0.4, -0.2) is 32.3 Å². The minimum absolute atomic E-state index is 0.0281. The van der Waals surface area contributed by atoms with Crippen molar-refractivity contribution in [2.45, 2.75) is 53.5 Å². The molecule has 2 N–H and O–H groups in total. The summed E-state index contributed by atoms with van der Waals surface area (Å²) in [6.45, 7) is 9.91. The lowest BCUT2D eigenvalue weighted by Gasteiger charge is -2.25. The van der Waals surface area contributed by atoms with Crippen molar-refractivity contribution >= 4 is 11.9 Å². The molecule has 0 saturated carbocycles. The summed E-state index contributed by atoms with van der Waals surface area (Å²) in [6, 6.07) is -0.207. The standard InChI is InChI=1S/C13H22N4O2/c1-8-9(2)16-17-12(14-8)15-10(6-11(18)19)7-13(3,4)5/h10H,6-7H2,1-5H3,(H,18,19)(H,14,15,17). The Labute approximate surface area is 113 Å². The molecule has 0 spiro atoms. The molecule has 1 heterocycles. The fourth-order valence-corrected chi connectivity index (χ4v) is 1.82. The van der Waals surface area contributed by atoms with Crippen LogP contribution in [0.5, 0.6) is 0 Å². The number of carboxylic acids is 1. The highest BCUT2D eigenvalue weighted by atomic mass is 16.4. The molecule has 19 heavy (non-hydrogen) atoms. The predicted molar refractivity (Wildman–Crippen MR) is 73.0 cm³/mol. The molecule has 0 radical (unpaired) electrons. The molecule has 0 fully saturated rings. The third kappa shape index (κ3) is 5.63. The molecule has 0 aromatic carbocycles. The third-order valence-corrected chi connectivity index (χ3v) is 2.70. The maximum atomic E-state index is 10.9. The molecule has 106 valence electrons. The van der Waals surface area contributed by atoms with Gasteiger partial charge in [-0.25, -0.2) is 4.98 Å². The van der Waals surface area contributed by atoms with Gasteiger partial charge in [0.05, 0.1) is 17.8 Å². The van der Waals surface area contributed by atoms with E-state index < -0.39 is 5.97 Å². The minimum atomic E-state index is -0.835. The van der Waals surface area contributed by atoms with Crippen LogP contribution in [0, 0.1) is 19.3 Å². The van der Waals surface area contributed by atoms with E-state index in [9.17, 15) is 4.79 Å². The molecule has 0 amide bonds. The second-order valence-electron chi connectivity index (χ2n) is 6.01. The van der Waals surface area contributed by atoms with E-state index in [-0.39, 0.29) is 17.9 Å². The van der Waals surface area contributed by atoms with Crippen LogP contribution in [0.3, 0.4) is 0 Å². The van der Waals surface area contributed by atoms with Gasteiger partial charge in [0.25, 0.3) is 0 Å². The normalized spacial score (nSPS) is 13.1. The Morgan fingerprint density at radius 2 is 1.89 bits per heavy atom. The van der Waals surface area contributed by atoms with Crippen molar-refractivity contribution in [3.8, 4) is 0 Å². The topological polar surface area (TPSA) is 88.0 Å². The molecule has 0 bridgehead atoms. The van der Waals surface area contributed by atoms with E-state index in [0.717, 1.165) is 17.8 Å². The van der Waals surface area contributed by atoms with Crippen LogP contribution in [0.25, 0.3) is 0 Å². The van der Waals surface area contributed by atoms with Gasteiger partial charge in [0.1, 0.15) is 0 Å². The summed E-state index contributed by atoms with van der Waals surface area (Å²) in [7, 11) is 0. The number of nitrogens with one attached hydrogen (secondary N) is 1. The second kappa shape index (κ2) is 5.95. The van der Waals surface area contributed by atoms with Crippen molar-refractivity contribution in [1.29, 1.82) is 0 Å². The Balaban J connectivity index is 2.81. The Bertz CT molecular complexity index is 454. The van der Waals surface area contributed by atoms with Crippen LogP contribution in [0.15, 0.2) is 0 Å². The smallest absolute Gasteiger partial charge is 0.305 e. The number of anilines is 1. The highest BCUT2D eigenvalue weighted by Crippen LogP contribution is 2.23. The molecule has 1 aromatic rings. The van der Waals surface area contributed by atoms with Gasteiger partial charge in [-0.3, -0.25) is 4.79 Å². The summed E-state index contributed by atoms with van der Waals surface area (Å²) in [4.78, 5) is 15.2. The summed E-state index contributed by atoms with van der Waals surface area (Å²) >= 11 is 0. The number of hydrogen-bond donors (Lipinski definition) is 2. The first-order valence-corrected chi connectivity index (χ1v) is 6.33. The fourth-order valence-electron chi connectivity index (χ4n) is 1.82. The number of hydrogen-bond acceptors (Lipinski definition) is 5. The van der Waals surface area contributed by atoms with E-state index in [0.29, 0.717) is 5.95 Å². The van der Waals surface area contributed by atoms with Crippen molar-refractivity contribution in [3.05, 3.63) is 11.4 Å². The zero-order valence-electron chi connectivity index (χ0n) is 12.2. The van der Waals surface area contributed by atoms with Crippen LogP contribution >= 0.6 is 0 Å². The van der Waals surface area contributed by atoms with E-state index in [4.69, 9.17) is 5.11 Å². The number of carboxylic acid groups (broad SMARTS) is 1. The van der Waals surface area contributed by atoms with Gasteiger partial charge in [0.2, 0.25) is 5.95 Å². The maximum Gasteiger partial charge on any atom is 0.305 e.